The molecule has 2 aromatic carbocycles. The standard InChI is InChI=1S/C21H24FN3O2S/c1-16-3-2-4-18(13-16)23-20(26)14-28-15-21(27)25-11-9-24(10-12-25)19-7-5-17(22)6-8-19/h2-8,13H,9-12,14-15H2,1H3,(H,23,26). The number of nitrogens with one attached hydrogen (secondary N) is 1. The third-order valence-electron chi connectivity index (χ3n) is 4.58. The molecule has 1 aliphatic rings. The fraction of sp³-hybridized carbons (Fsp3) is 0.333. The number of hydrogen-bond donors (Lipinski definition) is 1. The summed E-state index contributed by atoms with van der Waals surface area (Å²) in [6.45, 7) is 4.67. The van der Waals surface area contributed by atoms with Gasteiger partial charge in [-0.2, -0.15) is 0 Å². The Bertz CT molecular complexity index is 821. The Hall–Kier alpha value is -2.54. The van der Waals surface area contributed by atoms with Gasteiger partial charge in [-0.05, 0) is 48.9 Å². The molecule has 0 unspecified atom stereocenters. The first-order chi connectivity index (χ1) is 13.5. The summed E-state index contributed by atoms with van der Waals surface area (Å²) >= 11 is 1.33. The van der Waals surface area contributed by atoms with E-state index >= 15 is 0 Å². The Kier molecular flexibility index (Phi) is 6.92. The van der Waals surface area contributed by atoms with Crippen molar-refractivity contribution >= 4 is 35.0 Å². The first-order valence-electron chi connectivity index (χ1n) is 9.24. The maximum Gasteiger partial charge on any atom is 0.234 e. The highest BCUT2D eigenvalue weighted by atomic mass is 32.2. The second kappa shape index (κ2) is 9.59. The van der Waals surface area contributed by atoms with Crippen LogP contribution in [0.4, 0.5) is 15.8 Å². The lowest BCUT2D eigenvalue weighted by atomic mass is 10.2. The van der Waals surface area contributed by atoms with Crippen molar-refractivity contribution in [2.75, 3.05) is 47.9 Å². The number of rotatable bonds is 6. The molecule has 1 aliphatic heterocycles. The van der Waals surface area contributed by atoms with Crippen LogP contribution in [-0.4, -0.2) is 54.4 Å². The highest BCUT2D eigenvalue weighted by Gasteiger charge is 2.21. The van der Waals surface area contributed by atoms with Gasteiger partial charge in [0.2, 0.25) is 11.8 Å². The fourth-order valence-electron chi connectivity index (χ4n) is 3.11. The number of nitrogens with zero attached hydrogens (tertiary/aromatic N) is 2. The lowest BCUT2D eigenvalue weighted by molar-refractivity contribution is -0.128. The first kappa shape index (κ1) is 20.2. The van der Waals surface area contributed by atoms with Crippen molar-refractivity contribution in [3.8, 4) is 0 Å². The highest BCUT2D eigenvalue weighted by molar-refractivity contribution is 8.00. The predicted molar refractivity (Wildman–Crippen MR) is 112 cm³/mol. The summed E-state index contributed by atoms with van der Waals surface area (Å²) in [4.78, 5) is 28.4. The van der Waals surface area contributed by atoms with E-state index in [1.165, 1.54) is 23.9 Å². The summed E-state index contributed by atoms with van der Waals surface area (Å²) in [5.41, 5.74) is 2.82. The molecule has 28 heavy (non-hydrogen) atoms. The van der Waals surface area contributed by atoms with Crippen molar-refractivity contribution < 1.29 is 14.0 Å². The SMILES string of the molecule is Cc1cccc(NC(=O)CSCC(=O)N2CCN(c3ccc(F)cc3)CC2)c1. The van der Waals surface area contributed by atoms with Gasteiger partial charge >= 0.3 is 0 Å². The highest BCUT2D eigenvalue weighted by Crippen LogP contribution is 2.17. The van der Waals surface area contributed by atoms with Gasteiger partial charge in [-0.25, -0.2) is 4.39 Å². The Morgan fingerprint density at radius 2 is 1.75 bits per heavy atom. The molecule has 0 saturated carbocycles. The molecule has 1 N–H and O–H groups in total. The quantitative estimate of drug-likeness (QED) is 0.808. The molecule has 148 valence electrons. The number of carbonyl (C=O) groups is 2. The summed E-state index contributed by atoms with van der Waals surface area (Å²) < 4.78 is 13.0. The van der Waals surface area contributed by atoms with Crippen molar-refractivity contribution in [2.24, 2.45) is 0 Å². The van der Waals surface area contributed by atoms with Crippen LogP contribution in [0.5, 0.6) is 0 Å². The minimum atomic E-state index is -0.249. The van der Waals surface area contributed by atoms with Crippen molar-refractivity contribution in [3.05, 3.63) is 59.9 Å². The molecule has 3 rings (SSSR count). The molecular weight excluding hydrogens is 377 g/mol. The van der Waals surface area contributed by atoms with Gasteiger partial charge in [-0.3, -0.25) is 9.59 Å². The van der Waals surface area contributed by atoms with E-state index in [4.69, 9.17) is 0 Å². The summed E-state index contributed by atoms with van der Waals surface area (Å²) in [5.74, 6) is 0.227. The van der Waals surface area contributed by atoms with Crippen LogP contribution in [-0.2, 0) is 9.59 Å². The van der Waals surface area contributed by atoms with Crippen LogP contribution in [0.25, 0.3) is 0 Å². The lowest BCUT2D eigenvalue weighted by Gasteiger charge is -2.36. The maximum absolute atomic E-state index is 13.0. The molecule has 0 atom stereocenters. The van der Waals surface area contributed by atoms with Crippen LogP contribution < -0.4 is 10.2 Å². The minimum absolute atomic E-state index is 0.0483. The molecule has 2 amide bonds. The molecule has 1 saturated heterocycles. The molecule has 7 heteroatoms. The van der Waals surface area contributed by atoms with Gasteiger partial charge in [0, 0.05) is 37.6 Å². The topological polar surface area (TPSA) is 52.7 Å². The number of hydrogen-bond acceptors (Lipinski definition) is 4. The van der Waals surface area contributed by atoms with E-state index in [2.05, 4.69) is 10.2 Å². The number of carbonyl (C=O) groups excluding carboxylic acids is 2. The van der Waals surface area contributed by atoms with Crippen LogP contribution in [0.3, 0.4) is 0 Å². The molecule has 0 aliphatic carbocycles. The van der Waals surface area contributed by atoms with E-state index in [0.29, 0.717) is 13.1 Å². The molecule has 0 spiro atoms. The van der Waals surface area contributed by atoms with Gasteiger partial charge in [0.25, 0.3) is 0 Å². The zero-order valence-corrected chi connectivity index (χ0v) is 16.7. The number of aryl methyl sites for hydroxylation is 1. The van der Waals surface area contributed by atoms with E-state index in [1.807, 2.05) is 36.1 Å². The summed E-state index contributed by atoms with van der Waals surface area (Å²) in [7, 11) is 0. The number of amides is 2. The molecule has 0 radical (unpaired) electrons. The number of piperazine rings is 1. The lowest BCUT2D eigenvalue weighted by Crippen LogP contribution is -2.49. The zero-order valence-electron chi connectivity index (χ0n) is 15.9. The zero-order chi connectivity index (χ0) is 19.9. The van der Waals surface area contributed by atoms with E-state index in [-0.39, 0.29) is 29.1 Å². The summed E-state index contributed by atoms with van der Waals surface area (Å²) in [5, 5.41) is 2.85. The van der Waals surface area contributed by atoms with Crippen LogP contribution >= 0.6 is 11.8 Å². The van der Waals surface area contributed by atoms with Crippen molar-refractivity contribution in [1.29, 1.82) is 0 Å². The normalized spacial score (nSPS) is 14.1. The molecule has 2 aromatic rings. The number of halogens is 1. The molecule has 5 nitrogen and oxygen atoms in total. The summed E-state index contributed by atoms with van der Waals surface area (Å²) in [6, 6.07) is 14.0. The Morgan fingerprint density at radius 3 is 2.43 bits per heavy atom. The average Bonchev–Trinajstić information content (AvgIpc) is 2.68. The van der Waals surface area contributed by atoms with Crippen LogP contribution in [0.15, 0.2) is 48.5 Å². The number of benzene rings is 2. The second-order valence-electron chi connectivity index (χ2n) is 6.75. The maximum atomic E-state index is 13.0. The Balaban J connectivity index is 1.37. The van der Waals surface area contributed by atoms with Crippen LogP contribution in [0.2, 0.25) is 0 Å². The van der Waals surface area contributed by atoms with Crippen molar-refractivity contribution in [1.82, 2.24) is 4.90 Å². The number of thioether (sulfide) groups is 1. The van der Waals surface area contributed by atoms with Crippen molar-refractivity contribution in [3.63, 3.8) is 0 Å². The van der Waals surface area contributed by atoms with Crippen LogP contribution in [0.1, 0.15) is 5.56 Å². The van der Waals surface area contributed by atoms with E-state index in [9.17, 15) is 14.0 Å². The van der Waals surface area contributed by atoms with Gasteiger partial charge in [0.05, 0.1) is 11.5 Å². The van der Waals surface area contributed by atoms with Crippen molar-refractivity contribution in [2.45, 2.75) is 6.92 Å². The van der Waals surface area contributed by atoms with Gasteiger partial charge in [-0.15, -0.1) is 11.8 Å². The average molecular weight is 402 g/mol. The van der Waals surface area contributed by atoms with Gasteiger partial charge in [-0.1, -0.05) is 12.1 Å². The third-order valence-corrected chi connectivity index (χ3v) is 5.50. The monoisotopic (exact) mass is 401 g/mol. The van der Waals surface area contributed by atoms with E-state index < -0.39 is 0 Å². The molecule has 1 heterocycles. The first-order valence-corrected chi connectivity index (χ1v) is 10.4. The molecular formula is C21H24FN3O2S. The van der Waals surface area contributed by atoms with Gasteiger partial charge < -0.3 is 15.1 Å². The van der Waals surface area contributed by atoms with Crippen LogP contribution in [0, 0.1) is 12.7 Å². The van der Waals surface area contributed by atoms with E-state index in [0.717, 1.165) is 30.0 Å². The Morgan fingerprint density at radius 1 is 1.04 bits per heavy atom. The third kappa shape index (κ3) is 5.73. The van der Waals surface area contributed by atoms with Gasteiger partial charge in [0.15, 0.2) is 0 Å². The smallest absolute Gasteiger partial charge is 0.234 e. The summed E-state index contributed by atoms with van der Waals surface area (Å²) in [6.07, 6.45) is 0. The number of anilines is 2. The molecule has 1 fully saturated rings. The largest absolute Gasteiger partial charge is 0.368 e. The van der Waals surface area contributed by atoms with E-state index in [1.54, 1.807) is 12.1 Å². The minimum Gasteiger partial charge on any atom is -0.368 e. The van der Waals surface area contributed by atoms with Gasteiger partial charge in [0.1, 0.15) is 5.82 Å². The second-order valence-corrected chi connectivity index (χ2v) is 7.74. The fourth-order valence-corrected chi connectivity index (χ4v) is 3.82. The predicted octanol–water partition coefficient (Wildman–Crippen LogP) is 3.15. The Labute approximate surface area is 168 Å². The molecule has 0 aromatic heterocycles. The molecule has 0 bridgehead atoms.